The van der Waals surface area contributed by atoms with E-state index in [1.807, 2.05) is 25.1 Å². The van der Waals surface area contributed by atoms with Crippen LogP contribution in [0.25, 0.3) is 0 Å². The summed E-state index contributed by atoms with van der Waals surface area (Å²) in [5.41, 5.74) is 0.740. The van der Waals surface area contributed by atoms with Crippen LogP contribution in [-0.2, 0) is 6.42 Å². The number of nitrogens with one attached hydrogen (secondary N) is 1. The van der Waals surface area contributed by atoms with E-state index in [0.29, 0.717) is 0 Å². The predicted molar refractivity (Wildman–Crippen MR) is 78.5 cm³/mol. The lowest BCUT2D eigenvalue weighted by atomic mass is 10.0. The predicted octanol–water partition coefficient (Wildman–Crippen LogP) is 4.54. The first-order valence-corrected chi connectivity index (χ1v) is 7.53. The third kappa shape index (κ3) is 3.40. The van der Waals surface area contributed by atoms with Gasteiger partial charge in [0.1, 0.15) is 5.82 Å². The van der Waals surface area contributed by atoms with Crippen LogP contribution in [0.3, 0.4) is 0 Å². The average Bonchev–Trinajstić information content (AvgIpc) is 2.75. The van der Waals surface area contributed by atoms with Crippen molar-refractivity contribution in [1.82, 2.24) is 5.32 Å². The molecule has 0 bridgehead atoms. The van der Waals surface area contributed by atoms with Gasteiger partial charge in [-0.05, 0) is 40.7 Å². The zero-order valence-corrected chi connectivity index (χ0v) is 12.5. The molecule has 1 aromatic carbocycles. The number of thiophene rings is 1. The molecule has 0 saturated heterocycles. The van der Waals surface area contributed by atoms with E-state index in [-0.39, 0.29) is 11.9 Å². The standard InChI is InChI=1S/C14H15BrFNS/c1-2-17-13(9-10-7-8-14(15)18-10)11-5-3-4-6-12(11)16/h3-8,13,17H,2,9H2,1H3. The Labute approximate surface area is 119 Å². The first-order chi connectivity index (χ1) is 8.70. The fourth-order valence-corrected chi connectivity index (χ4v) is 3.49. The molecule has 0 fully saturated rings. The molecule has 0 radical (unpaired) electrons. The molecular formula is C14H15BrFNS. The first-order valence-electron chi connectivity index (χ1n) is 5.92. The largest absolute Gasteiger partial charge is 0.310 e. The highest BCUT2D eigenvalue weighted by atomic mass is 79.9. The van der Waals surface area contributed by atoms with E-state index in [4.69, 9.17) is 0 Å². The van der Waals surface area contributed by atoms with Crippen molar-refractivity contribution in [3.63, 3.8) is 0 Å². The molecular weight excluding hydrogens is 313 g/mol. The van der Waals surface area contributed by atoms with Crippen LogP contribution in [0.5, 0.6) is 0 Å². The number of halogens is 2. The zero-order chi connectivity index (χ0) is 13.0. The second kappa shape index (κ2) is 6.45. The third-order valence-electron chi connectivity index (χ3n) is 2.77. The molecule has 1 aromatic heterocycles. The van der Waals surface area contributed by atoms with Gasteiger partial charge < -0.3 is 5.32 Å². The van der Waals surface area contributed by atoms with Crippen LogP contribution in [0.15, 0.2) is 40.2 Å². The van der Waals surface area contributed by atoms with Gasteiger partial charge in [-0.1, -0.05) is 25.1 Å². The summed E-state index contributed by atoms with van der Waals surface area (Å²) in [5.74, 6) is -0.140. The molecule has 4 heteroatoms. The van der Waals surface area contributed by atoms with Crippen LogP contribution in [0, 0.1) is 5.82 Å². The summed E-state index contributed by atoms with van der Waals surface area (Å²) in [5, 5.41) is 3.35. The van der Waals surface area contributed by atoms with Crippen molar-refractivity contribution in [1.29, 1.82) is 0 Å². The molecule has 1 nitrogen and oxygen atoms in total. The molecule has 1 unspecified atom stereocenters. The zero-order valence-electron chi connectivity index (χ0n) is 10.1. The Hall–Kier alpha value is -0.710. The van der Waals surface area contributed by atoms with Crippen molar-refractivity contribution in [3.8, 4) is 0 Å². The van der Waals surface area contributed by atoms with Crippen LogP contribution >= 0.6 is 27.3 Å². The third-order valence-corrected chi connectivity index (χ3v) is 4.41. The van der Waals surface area contributed by atoms with Gasteiger partial charge in [-0.2, -0.15) is 0 Å². The number of benzene rings is 1. The molecule has 0 aliphatic heterocycles. The van der Waals surface area contributed by atoms with Gasteiger partial charge >= 0.3 is 0 Å². The van der Waals surface area contributed by atoms with Gasteiger partial charge in [-0.15, -0.1) is 11.3 Å². The quantitative estimate of drug-likeness (QED) is 0.849. The summed E-state index contributed by atoms with van der Waals surface area (Å²) >= 11 is 5.15. The van der Waals surface area contributed by atoms with Crippen molar-refractivity contribution in [2.45, 2.75) is 19.4 Å². The van der Waals surface area contributed by atoms with E-state index < -0.39 is 0 Å². The van der Waals surface area contributed by atoms with Gasteiger partial charge in [0, 0.05) is 22.9 Å². The Morgan fingerprint density at radius 3 is 2.67 bits per heavy atom. The topological polar surface area (TPSA) is 12.0 Å². The molecule has 1 N–H and O–H groups in total. The van der Waals surface area contributed by atoms with E-state index in [2.05, 4.69) is 27.3 Å². The van der Waals surface area contributed by atoms with Crippen LogP contribution in [-0.4, -0.2) is 6.54 Å². The maximum Gasteiger partial charge on any atom is 0.127 e. The second-order valence-electron chi connectivity index (χ2n) is 4.04. The highest BCUT2D eigenvalue weighted by Crippen LogP contribution is 2.27. The fraction of sp³-hybridized carbons (Fsp3) is 0.286. The Morgan fingerprint density at radius 2 is 2.06 bits per heavy atom. The Balaban J connectivity index is 2.20. The summed E-state index contributed by atoms with van der Waals surface area (Å²) in [4.78, 5) is 1.25. The van der Waals surface area contributed by atoms with Crippen molar-refractivity contribution in [2.24, 2.45) is 0 Å². The van der Waals surface area contributed by atoms with Crippen molar-refractivity contribution >= 4 is 27.3 Å². The van der Waals surface area contributed by atoms with E-state index in [1.54, 1.807) is 17.4 Å². The van der Waals surface area contributed by atoms with Gasteiger partial charge in [0.25, 0.3) is 0 Å². The molecule has 0 amide bonds. The number of likely N-dealkylation sites (N-methyl/N-ethyl adjacent to an activating group) is 1. The first kappa shape index (κ1) is 13.7. The highest BCUT2D eigenvalue weighted by Gasteiger charge is 2.15. The van der Waals surface area contributed by atoms with Crippen molar-refractivity contribution < 1.29 is 4.39 Å². The normalized spacial score (nSPS) is 12.6. The van der Waals surface area contributed by atoms with Gasteiger partial charge in [0.05, 0.1) is 3.79 Å². The smallest absolute Gasteiger partial charge is 0.127 e. The number of hydrogen-bond acceptors (Lipinski definition) is 2. The summed E-state index contributed by atoms with van der Waals surface area (Å²) in [6.45, 7) is 2.86. The molecule has 2 rings (SSSR count). The fourth-order valence-electron chi connectivity index (χ4n) is 1.96. The minimum absolute atomic E-state index is 0.0294. The van der Waals surface area contributed by atoms with Crippen molar-refractivity contribution in [2.75, 3.05) is 6.54 Å². The van der Waals surface area contributed by atoms with Gasteiger partial charge in [0.2, 0.25) is 0 Å². The number of hydrogen-bond donors (Lipinski definition) is 1. The van der Waals surface area contributed by atoms with Crippen molar-refractivity contribution in [3.05, 3.63) is 56.4 Å². The van der Waals surface area contributed by atoms with Gasteiger partial charge in [-0.25, -0.2) is 4.39 Å². The Morgan fingerprint density at radius 1 is 1.28 bits per heavy atom. The maximum atomic E-state index is 13.8. The Kier molecular flexibility index (Phi) is 4.92. The van der Waals surface area contributed by atoms with E-state index in [1.165, 1.54) is 10.9 Å². The van der Waals surface area contributed by atoms with Crippen LogP contribution in [0.4, 0.5) is 4.39 Å². The maximum absolute atomic E-state index is 13.8. The molecule has 1 atom stereocenters. The molecule has 96 valence electrons. The van der Waals surface area contributed by atoms with Crippen LogP contribution in [0.1, 0.15) is 23.4 Å². The molecule has 1 heterocycles. The van der Waals surface area contributed by atoms with E-state index >= 15 is 0 Å². The molecule has 0 saturated carbocycles. The number of rotatable bonds is 5. The Bertz CT molecular complexity index is 512. The van der Waals surface area contributed by atoms with Crippen LogP contribution in [0.2, 0.25) is 0 Å². The SMILES string of the molecule is CCNC(Cc1ccc(Br)s1)c1ccccc1F. The lowest BCUT2D eigenvalue weighted by Gasteiger charge is -2.18. The lowest BCUT2D eigenvalue weighted by molar-refractivity contribution is 0.512. The monoisotopic (exact) mass is 327 g/mol. The van der Waals surface area contributed by atoms with Crippen LogP contribution < -0.4 is 5.32 Å². The molecule has 2 aromatic rings. The average molecular weight is 328 g/mol. The summed E-state index contributed by atoms with van der Waals surface area (Å²) in [6.07, 6.45) is 0.811. The minimum atomic E-state index is -0.140. The lowest BCUT2D eigenvalue weighted by Crippen LogP contribution is -2.23. The summed E-state index contributed by atoms with van der Waals surface area (Å²) in [7, 11) is 0. The van der Waals surface area contributed by atoms with E-state index in [0.717, 1.165) is 22.3 Å². The van der Waals surface area contributed by atoms with Gasteiger partial charge in [0.15, 0.2) is 0 Å². The molecule has 0 spiro atoms. The van der Waals surface area contributed by atoms with E-state index in [9.17, 15) is 4.39 Å². The summed E-state index contributed by atoms with van der Waals surface area (Å²) < 4.78 is 14.9. The molecule has 0 aliphatic rings. The minimum Gasteiger partial charge on any atom is -0.310 e. The second-order valence-corrected chi connectivity index (χ2v) is 6.59. The molecule has 18 heavy (non-hydrogen) atoms. The highest BCUT2D eigenvalue weighted by molar-refractivity contribution is 9.11. The molecule has 0 aliphatic carbocycles. The van der Waals surface area contributed by atoms with Gasteiger partial charge in [-0.3, -0.25) is 0 Å². The summed E-state index contributed by atoms with van der Waals surface area (Å²) in [6, 6.07) is 11.1.